The molecule has 0 radical (unpaired) electrons. The van der Waals surface area contributed by atoms with Crippen LogP contribution in [0, 0.1) is 0 Å². The number of aromatic nitrogens is 1. The molecule has 1 aliphatic rings. The summed E-state index contributed by atoms with van der Waals surface area (Å²) < 4.78 is 68.6. The van der Waals surface area contributed by atoms with Gasteiger partial charge in [-0.05, 0) is 35.9 Å². The third kappa shape index (κ3) is 6.07. The van der Waals surface area contributed by atoms with Crippen LogP contribution in [0.5, 0.6) is 5.75 Å². The van der Waals surface area contributed by atoms with E-state index < -0.39 is 22.1 Å². The van der Waals surface area contributed by atoms with Crippen LogP contribution in [0.2, 0.25) is 0 Å². The SMILES string of the molecule is Cn1ccc(CON=C2CCN(S(=O)(=O)c3ccc(OC(F)(F)F)cc3)CC2)cc1=O. The highest BCUT2D eigenvalue weighted by atomic mass is 32.2. The Kier molecular flexibility index (Phi) is 6.70. The number of ether oxygens (including phenoxy) is 1. The molecule has 1 aromatic heterocycles. The number of sulfonamides is 1. The standard InChI is InChI=1S/C19H20F3N3O5S/c1-24-9-6-14(12-18(24)26)13-29-23-15-7-10-25(11-8-15)31(27,28)17-4-2-16(3-5-17)30-19(20,21)22/h2-6,9,12H,7-8,10-11,13H2,1H3. The smallest absolute Gasteiger partial charge is 0.406 e. The molecule has 0 spiro atoms. The molecule has 2 heterocycles. The fourth-order valence-electron chi connectivity index (χ4n) is 2.92. The minimum Gasteiger partial charge on any atom is -0.406 e. The molecule has 8 nitrogen and oxygen atoms in total. The normalized spacial score (nSPS) is 15.5. The Labute approximate surface area is 176 Å². The predicted molar refractivity (Wildman–Crippen MR) is 105 cm³/mol. The minimum atomic E-state index is -4.85. The molecule has 0 atom stereocenters. The number of oxime groups is 1. The maximum Gasteiger partial charge on any atom is 0.573 e. The maximum atomic E-state index is 12.7. The first-order valence-corrected chi connectivity index (χ1v) is 10.7. The number of aryl methyl sites for hydroxylation is 1. The fraction of sp³-hybridized carbons (Fsp3) is 0.368. The summed E-state index contributed by atoms with van der Waals surface area (Å²) in [6.07, 6.45) is -2.52. The molecular weight excluding hydrogens is 439 g/mol. The van der Waals surface area contributed by atoms with Crippen LogP contribution in [0.15, 0.2) is 57.4 Å². The summed E-state index contributed by atoms with van der Waals surface area (Å²) >= 11 is 0. The van der Waals surface area contributed by atoms with Crippen molar-refractivity contribution >= 4 is 15.7 Å². The lowest BCUT2D eigenvalue weighted by atomic mass is 10.1. The van der Waals surface area contributed by atoms with E-state index in [2.05, 4.69) is 9.89 Å². The van der Waals surface area contributed by atoms with Gasteiger partial charge in [-0.25, -0.2) is 8.42 Å². The largest absolute Gasteiger partial charge is 0.573 e. The van der Waals surface area contributed by atoms with E-state index in [1.165, 1.54) is 14.9 Å². The van der Waals surface area contributed by atoms with Crippen LogP contribution < -0.4 is 10.3 Å². The Bertz CT molecular complexity index is 1100. The molecule has 2 aromatic rings. The summed E-state index contributed by atoms with van der Waals surface area (Å²) in [4.78, 5) is 16.7. The number of alkyl halides is 3. The second-order valence-electron chi connectivity index (χ2n) is 6.84. The van der Waals surface area contributed by atoms with Crippen LogP contribution in [-0.4, -0.2) is 42.5 Å². The number of nitrogens with zero attached hydrogens (tertiary/aromatic N) is 3. The molecule has 0 bridgehead atoms. The summed E-state index contributed by atoms with van der Waals surface area (Å²) in [6, 6.07) is 7.26. The van der Waals surface area contributed by atoms with Crippen LogP contribution in [0.3, 0.4) is 0 Å². The number of hydrogen-bond acceptors (Lipinski definition) is 6. The first-order chi connectivity index (χ1) is 14.5. The zero-order chi connectivity index (χ0) is 22.6. The monoisotopic (exact) mass is 459 g/mol. The van der Waals surface area contributed by atoms with Gasteiger partial charge in [-0.2, -0.15) is 4.31 Å². The third-order valence-electron chi connectivity index (χ3n) is 4.59. The number of hydrogen-bond donors (Lipinski definition) is 0. The van der Waals surface area contributed by atoms with Crippen LogP contribution in [-0.2, 0) is 28.5 Å². The lowest BCUT2D eigenvalue weighted by Crippen LogP contribution is -2.38. The molecule has 0 N–H and O–H groups in total. The van der Waals surface area contributed by atoms with Crippen molar-refractivity contribution in [3.05, 3.63) is 58.5 Å². The van der Waals surface area contributed by atoms with Crippen molar-refractivity contribution in [1.29, 1.82) is 0 Å². The van der Waals surface area contributed by atoms with Gasteiger partial charge in [0.15, 0.2) is 0 Å². The van der Waals surface area contributed by atoms with Gasteiger partial charge in [-0.1, -0.05) is 5.16 Å². The number of benzene rings is 1. The minimum absolute atomic E-state index is 0.119. The number of piperidine rings is 1. The summed E-state index contributed by atoms with van der Waals surface area (Å²) in [7, 11) is -2.22. The van der Waals surface area contributed by atoms with E-state index in [-0.39, 0.29) is 30.2 Å². The van der Waals surface area contributed by atoms with Crippen molar-refractivity contribution in [3.63, 3.8) is 0 Å². The molecule has 0 aliphatic carbocycles. The van der Waals surface area contributed by atoms with Gasteiger partial charge >= 0.3 is 6.36 Å². The van der Waals surface area contributed by atoms with Crippen molar-refractivity contribution in [3.8, 4) is 5.75 Å². The van der Waals surface area contributed by atoms with Gasteiger partial charge in [-0.15, -0.1) is 13.2 Å². The van der Waals surface area contributed by atoms with Gasteiger partial charge in [-0.3, -0.25) is 4.79 Å². The first-order valence-electron chi connectivity index (χ1n) is 9.24. The summed E-state index contributed by atoms with van der Waals surface area (Å²) in [5.41, 5.74) is 1.19. The molecule has 1 aromatic carbocycles. The van der Waals surface area contributed by atoms with E-state index in [4.69, 9.17) is 4.84 Å². The highest BCUT2D eigenvalue weighted by Gasteiger charge is 2.32. The molecule has 3 rings (SSSR count). The molecule has 1 saturated heterocycles. The van der Waals surface area contributed by atoms with Gasteiger partial charge < -0.3 is 14.1 Å². The highest BCUT2D eigenvalue weighted by molar-refractivity contribution is 7.89. The van der Waals surface area contributed by atoms with Crippen molar-refractivity contribution in [1.82, 2.24) is 8.87 Å². The molecular formula is C19H20F3N3O5S. The average molecular weight is 459 g/mol. The van der Waals surface area contributed by atoms with Gasteiger partial charge in [0.2, 0.25) is 10.0 Å². The van der Waals surface area contributed by atoms with Crippen LogP contribution >= 0.6 is 0 Å². The van der Waals surface area contributed by atoms with Crippen molar-refractivity contribution in [2.75, 3.05) is 13.1 Å². The zero-order valence-electron chi connectivity index (χ0n) is 16.5. The summed E-state index contributed by atoms with van der Waals surface area (Å²) in [6.45, 7) is 0.447. The Morgan fingerprint density at radius 1 is 1.10 bits per heavy atom. The van der Waals surface area contributed by atoms with E-state index in [9.17, 15) is 26.4 Å². The van der Waals surface area contributed by atoms with E-state index in [1.807, 2.05) is 0 Å². The molecule has 0 amide bonds. The quantitative estimate of drug-likeness (QED) is 0.620. The van der Waals surface area contributed by atoms with Crippen molar-refractivity contribution in [2.45, 2.75) is 30.7 Å². The lowest BCUT2D eigenvalue weighted by Gasteiger charge is -2.26. The molecule has 0 saturated carbocycles. The Morgan fingerprint density at radius 2 is 1.74 bits per heavy atom. The number of rotatable bonds is 6. The average Bonchev–Trinajstić information content (AvgIpc) is 2.70. The summed E-state index contributed by atoms with van der Waals surface area (Å²) in [5, 5.41) is 4.03. The molecule has 1 aliphatic heterocycles. The predicted octanol–water partition coefficient (Wildman–Crippen LogP) is 2.64. The van der Waals surface area contributed by atoms with Gasteiger partial charge in [0.05, 0.1) is 10.6 Å². The van der Waals surface area contributed by atoms with Crippen LogP contribution in [0.25, 0.3) is 0 Å². The van der Waals surface area contributed by atoms with Gasteiger partial charge in [0.1, 0.15) is 12.4 Å². The Balaban J connectivity index is 1.56. The van der Waals surface area contributed by atoms with Crippen molar-refractivity contribution in [2.24, 2.45) is 12.2 Å². The van der Waals surface area contributed by atoms with Gasteiger partial charge in [0, 0.05) is 45.2 Å². The highest BCUT2D eigenvalue weighted by Crippen LogP contribution is 2.26. The molecule has 168 valence electrons. The Morgan fingerprint density at radius 3 is 2.32 bits per heavy atom. The number of halogens is 3. The third-order valence-corrected chi connectivity index (χ3v) is 6.50. The van der Waals surface area contributed by atoms with Crippen LogP contribution in [0.4, 0.5) is 13.2 Å². The molecule has 31 heavy (non-hydrogen) atoms. The van der Waals surface area contributed by atoms with E-state index in [1.54, 1.807) is 19.3 Å². The fourth-order valence-corrected chi connectivity index (χ4v) is 4.36. The molecule has 12 heteroatoms. The Hall–Kier alpha value is -2.86. The van der Waals surface area contributed by atoms with E-state index >= 15 is 0 Å². The topological polar surface area (TPSA) is 90.2 Å². The van der Waals surface area contributed by atoms with Gasteiger partial charge in [0.25, 0.3) is 5.56 Å². The lowest BCUT2D eigenvalue weighted by molar-refractivity contribution is -0.274. The van der Waals surface area contributed by atoms with E-state index in [0.717, 1.165) is 24.3 Å². The van der Waals surface area contributed by atoms with Crippen LogP contribution in [0.1, 0.15) is 18.4 Å². The number of pyridine rings is 1. The zero-order valence-corrected chi connectivity index (χ0v) is 17.3. The van der Waals surface area contributed by atoms with E-state index in [0.29, 0.717) is 24.1 Å². The van der Waals surface area contributed by atoms with Crippen molar-refractivity contribution < 1.29 is 31.2 Å². The second-order valence-corrected chi connectivity index (χ2v) is 8.78. The molecule has 1 fully saturated rings. The first kappa shape index (κ1) is 22.8. The second kappa shape index (κ2) is 9.10. The maximum absolute atomic E-state index is 12.7. The molecule has 0 unspecified atom stereocenters. The summed E-state index contributed by atoms with van der Waals surface area (Å²) in [5.74, 6) is -0.493.